The van der Waals surface area contributed by atoms with Gasteiger partial charge in [0.05, 0.1) is 0 Å². The van der Waals surface area contributed by atoms with Crippen molar-refractivity contribution in [1.29, 1.82) is 0 Å². The third kappa shape index (κ3) is 1.83. The standard InChI is InChI=1S/C15H18F6O/c1-2-11-4-9-3-10(5-11)7-12(6-9,8-11)13(22,14(16,17)18)15(19,20)21/h2,9-10,22H,1,3-8H2. The number of hydrogen-bond acceptors (Lipinski definition) is 1. The van der Waals surface area contributed by atoms with Crippen LogP contribution in [0.1, 0.15) is 38.5 Å². The molecule has 22 heavy (non-hydrogen) atoms. The van der Waals surface area contributed by atoms with E-state index < -0.39 is 28.8 Å². The smallest absolute Gasteiger partial charge is 0.373 e. The molecule has 0 aromatic carbocycles. The Hall–Kier alpha value is -0.720. The maximum absolute atomic E-state index is 13.3. The van der Waals surface area contributed by atoms with Crippen LogP contribution in [0.3, 0.4) is 0 Å². The quantitative estimate of drug-likeness (QED) is 0.579. The maximum atomic E-state index is 13.3. The van der Waals surface area contributed by atoms with Gasteiger partial charge in [-0.1, -0.05) is 6.08 Å². The lowest BCUT2D eigenvalue weighted by atomic mass is 9.40. The van der Waals surface area contributed by atoms with Crippen molar-refractivity contribution in [2.45, 2.75) is 56.5 Å². The molecular formula is C15H18F6O. The van der Waals surface area contributed by atoms with Crippen molar-refractivity contribution in [3.63, 3.8) is 0 Å². The fourth-order valence-corrected chi connectivity index (χ4v) is 5.76. The summed E-state index contributed by atoms with van der Waals surface area (Å²) in [6, 6.07) is 0. The van der Waals surface area contributed by atoms with E-state index in [9.17, 15) is 31.4 Å². The summed E-state index contributed by atoms with van der Waals surface area (Å²) < 4.78 is 80.1. The van der Waals surface area contributed by atoms with Crippen LogP contribution in [-0.4, -0.2) is 23.1 Å². The third-order valence-corrected chi connectivity index (χ3v) is 6.13. The van der Waals surface area contributed by atoms with Crippen molar-refractivity contribution < 1.29 is 31.4 Å². The van der Waals surface area contributed by atoms with E-state index in [-0.39, 0.29) is 31.1 Å². The Balaban J connectivity index is 2.14. The Kier molecular flexibility index (Phi) is 3.10. The largest absolute Gasteiger partial charge is 0.426 e. The number of aliphatic hydroxyl groups is 1. The Morgan fingerprint density at radius 2 is 1.36 bits per heavy atom. The third-order valence-electron chi connectivity index (χ3n) is 6.13. The molecule has 2 unspecified atom stereocenters. The van der Waals surface area contributed by atoms with E-state index in [1.807, 2.05) is 0 Å². The molecule has 4 fully saturated rings. The van der Waals surface area contributed by atoms with Crippen LogP contribution in [-0.2, 0) is 0 Å². The van der Waals surface area contributed by atoms with Gasteiger partial charge in [-0.15, -0.1) is 6.58 Å². The first-order chi connectivity index (χ1) is 9.88. The number of allylic oxidation sites excluding steroid dienone is 1. The average molecular weight is 328 g/mol. The molecule has 2 atom stereocenters. The van der Waals surface area contributed by atoms with Crippen LogP contribution in [0, 0.1) is 22.7 Å². The SMILES string of the molecule is C=CC12CC3CC(C1)CC(C(O)(C(F)(F)F)C(F)(F)F)(C3)C2. The van der Waals surface area contributed by atoms with Gasteiger partial charge in [-0.2, -0.15) is 26.3 Å². The van der Waals surface area contributed by atoms with Gasteiger partial charge in [0.2, 0.25) is 0 Å². The molecular weight excluding hydrogens is 310 g/mol. The molecule has 0 radical (unpaired) electrons. The zero-order valence-corrected chi connectivity index (χ0v) is 11.9. The first kappa shape index (κ1) is 16.1. The molecule has 0 aromatic rings. The van der Waals surface area contributed by atoms with E-state index in [0.29, 0.717) is 19.3 Å². The first-order valence-corrected chi connectivity index (χ1v) is 7.38. The molecule has 0 spiro atoms. The minimum atomic E-state index is -5.74. The van der Waals surface area contributed by atoms with Gasteiger partial charge in [0.1, 0.15) is 0 Å². The highest BCUT2D eigenvalue weighted by Crippen LogP contribution is 2.72. The number of rotatable bonds is 2. The highest BCUT2D eigenvalue weighted by Gasteiger charge is 2.81. The molecule has 4 saturated carbocycles. The fourth-order valence-electron chi connectivity index (χ4n) is 5.76. The van der Waals surface area contributed by atoms with E-state index in [0.717, 1.165) is 0 Å². The lowest BCUT2D eigenvalue weighted by Crippen LogP contribution is -2.72. The minimum absolute atomic E-state index is 0.199. The maximum Gasteiger partial charge on any atom is 0.426 e. The summed E-state index contributed by atoms with van der Waals surface area (Å²) in [5.41, 5.74) is -7.52. The Morgan fingerprint density at radius 1 is 0.909 bits per heavy atom. The zero-order chi connectivity index (χ0) is 16.6. The van der Waals surface area contributed by atoms with E-state index in [4.69, 9.17) is 0 Å². The molecule has 0 amide bonds. The summed E-state index contributed by atoms with van der Waals surface area (Å²) >= 11 is 0. The summed E-state index contributed by atoms with van der Waals surface area (Å²) in [6.07, 6.45) is -8.84. The van der Waals surface area contributed by atoms with Crippen LogP contribution in [0.15, 0.2) is 12.7 Å². The Morgan fingerprint density at radius 3 is 1.73 bits per heavy atom. The van der Waals surface area contributed by atoms with Gasteiger partial charge in [-0.05, 0) is 55.8 Å². The lowest BCUT2D eigenvalue weighted by Gasteiger charge is -2.65. The van der Waals surface area contributed by atoms with Crippen LogP contribution >= 0.6 is 0 Å². The van der Waals surface area contributed by atoms with Gasteiger partial charge < -0.3 is 5.11 Å². The van der Waals surface area contributed by atoms with Crippen LogP contribution in [0.4, 0.5) is 26.3 Å². The number of hydrogen-bond donors (Lipinski definition) is 1. The monoisotopic (exact) mass is 328 g/mol. The topological polar surface area (TPSA) is 20.2 Å². The molecule has 126 valence electrons. The van der Waals surface area contributed by atoms with Crippen LogP contribution in [0.25, 0.3) is 0 Å². The molecule has 0 heterocycles. The summed E-state index contributed by atoms with van der Waals surface area (Å²) in [7, 11) is 0. The van der Waals surface area contributed by atoms with Gasteiger partial charge in [-0.25, -0.2) is 0 Å². The van der Waals surface area contributed by atoms with Crippen molar-refractivity contribution in [3.05, 3.63) is 12.7 Å². The van der Waals surface area contributed by atoms with Crippen LogP contribution in [0.5, 0.6) is 0 Å². The van der Waals surface area contributed by atoms with Crippen molar-refractivity contribution >= 4 is 0 Å². The van der Waals surface area contributed by atoms with E-state index in [1.54, 1.807) is 0 Å². The van der Waals surface area contributed by atoms with Gasteiger partial charge in [0.25, 0.3) is 5.60 Å². The predicted octanol–water partition coefficient (Wildman–Crippen LogP) is 4.61. The molecule has 4 bridgehead atoms. The first-order valence-electron chi connectivity index (χ1n) is 7.38. The normalized spacial score (nSPS) is 41.8. The Labute approximate surface area is 124 Å². The molecule has 4 aliphatic rings. The van der Waals surface area contributed by atoms with Gasteiger partial charge in [-0.3, -0.25) is 0 Å². The minimum Gasteiger partial charge on any atom is -0.373 e. The second-order valence-corrected chi connectivity index (χ2v) is 7.51. The summed E-state index contributed by atoms with van der Waals surface area (Å²) in [4.78, 5) is 0. The molecule has 7 heteroatoms. The van der Waals surface area contributed by atoms with Gasteiger partial charge in [0.15, 0.2) is 0 Å². The fraction of sp³-hybridized carbons (Fsp3) is 0.867. The van der Waals surface area contributed by atoms with Crippen molar-refractivity contribution in [2.75, 3.05) is 0 Å². The molecule has 0 saturated heterocycles. The number of halogens is 6. The summed E-state index contributed by atoms with van der Waals surface area (Å²) in [6.45, 7) is 3.64. The molecule has 4 aliphatic carbocycles. The van der Waals surface area contributed by atoms with E-state index in [1.165, 1.54) is 6.08 Å². The van der Waals surface area contributed by atoms with E-state index in [2.05, 4.69) is 6.58 Å². The van der Waals surface area contributed by atoms with Gasteiger partial charge in [0, 0.05) is 5.41 Å². The van der Waals surface area contributed by atoms with Gasteiger partial charge >= 0.3 is 12.4 Å². The van der Waals surface area contributed by atoms with Crippen LogP contribution in [0.2, 0.25) is 0 Å². The summed E-state index contributed by atoms with van der Waals surface area (Å²) in [5, 5.41) is 9.98. The lowest BCUT2D eigenvalue weighted by molar-refractivity contribution is -0.419. The summed E-state index contributed by atoms with van der Waals surface area (Å²) in [5.74, 6) is -0.397. The van der Waals surface area contributed by atoms with Crippen molar-refractivity contribution in [1.82, 2.24) is 0 Å². The molecule has 4 rings (SSSR count). The average Bonchev–Trinajstić information content (AvgIpc) is 2.33. The zero-order valence-electron chi connectivity index (χ0n) is 11.9. The highest BCUT2D eigenvalue weighted by atomic mass is 19.4. The molecule has 1 N–H and O–H groups in total. The molecule has 1 nitrogen and oxygen atoms in total. The van der Waals surface area contributed by atoms with E-state index >= 15 is 0 Å². The number of alkyl halides is 6. The molecule has 0 aromatic heterocycles. The Bertz CT molecular complexity index is 463. The van der Waals surface area contributed by atoms with Crippen LogP contribution < -0.4 is 0 Å². The second-order valence-electron chi connectivity index (χ2n) is 7.51. The predicted molar refractivity (Wildman–Crippen MR) is 66.8 cm³/mol. The second kappa shape index (κ2) is 4.22. The highest BCUT2D eigenvalue weighted by molar-refractivity contribution is 5.20. The molecule has 0 aliphatic heterocycles. The van der Waals surface area contributed by atoms with Crippen molar-refractivity contribution in [2.24, 2.45) is 22.7 Å². The van der Waals surface area contributed by atoms with Crippen molar-refractivity contribution in [3.8, 4) is 0 Å².